The van der Waals surface area contributed by atoms with Crippen molar-refractivity contribution < 1.29 is 4.79 Å². The van der Waals surface area contributed by atoms with Gasteiger partial charge in [-0.25, -0.2) is 0 Å². The van der Waals surface area contributed by atoms with Gasteiger partial charge in [-0.1, -0.05) is 31.5 Å². The van der Waals surface area contributed by atoms with Gasteiger partial charge >= 0.3 is 0 Å². The molecule has 0 bridgehead atoms. The van der Waals surface area contributed by atoms with Gasteiger partial charge in [0.25, 0.3) is 0 Å². The number of hydrogen-bond acceptors (Lipinski definition) is 1. The van der Waals surface area contributed by atoms with Crippen molar-refractivity contribution in [3.8, 4) is 0 Å². The summed E-state index contributed by atoms with van der Waals surface area (Å²) in [5.41, 5.74) is 4.04. The van der Waals surface area contributed by atoms with Crippen molar-refractivity contribution in [3.63, 3.8) is 0 Å². The standard InChI is InChI=1S/C11H15Cl.C3H6O/c1-3-4-11-6-5-10(8-12)7-9(11)2;1-3(2)4/h5-7H,3-4,8H2,1-2H3;1-2H3. The Morgan fingerprint density at radius 3 is 2.25 bits per heavy atom. The second kappa shape index (κ2) is 8.35. The topological polar surface area (TPSA) is 17.1 Å². The van der Waals surface area contributed by atoms with Crippen molar-refractivity contribution >= 4 is 17.4 Å². The predicted octanol–water partition coefficient (Wildman–Crippen LogP) is 4.28. The molecule has 0 saturated heterocycles. The molecule has 0 unspecified atom stereocenters. The SMILES string of the molecule is CC(C)=O.CCCc1ccc(CCl)cc1C. The van der Waals surface area contributed by atoms with Crippen LogP contribution in [0.5, 0.6) is 0 Å². The lowest BCUT2D eigenvalue weighted by Crippen LogP contribution is -1.89. The summed E-state index contributed by atoms with van der Waals surface area (Å²) in [5, 5.41) is 0. The molecule has 0 N–H and O–H groups in total. The van der Waals surface area contributed by atoms with Crippen LogP contribution in [-0.4, -0.2) is 5.78 Å². The molecule has 0 saturated carbocycles. The predicted molar refractivity (Wildman–Crippen MR) is 71.1 cm³/mol. The summed E-state index contributed by atoms with van der Waals surface area (Å²) in [6.45, 7) is 7.41. The minimum Gasteiger partial charge on any atom is -0.300 e. The van der Waals surface area contributed by atoms with Gasteiger partial charge in [0.2, 0.25) is 0 Å². The van der Waals surface area contributed by atoms with Crippen LogP contribution < -0.4 is 0 Å². The van der Waals surface area contributed by atoms with Crippen molar-refractivity contribution in [2.75, 3.05) is 0 Å². The Balaban J connectivity index is 0.000000487. The molecule has 0 amide bonds. The maximum atomic E-state index is 9.44. The van der Waals surface area contributed by atoms with Gasteiger partial charge in [0.05, 0.1) is 0 Å². The first-order valence-electron chi connectivity index (χ1n) is 5.62. The minimum atomic E-state index is 0.167. The molecule has 0 radical (unpaired) electrons. The van der Waals surface area contributed by atoms with Crippen molar-refractivity contribution in [3.05, 3.63) is 34.9 Å². The van der Waals surface area contributed by atoms with Crippen LogP contribution in [-0.2, 0) is 17.1 Å². The van der Waals surface area contributed by atoms with Gasteiger partial charge in [0, 0.05) is 5.88 Å². The zero-order valence-electron chi connectivity index (χ0n) is 10.6. The lowest BCUT2D eigenvalue weighted by Gasteiger charge is -2.05. The number of aryl methyl sites for hydroxylation is 2. The molecule has 0 spiro atoms. The van der Waals surface area contributed by atoms with E-state index in [1.165, 1.54) is 43.4 Å². The molecular formula is C14H21ClO. The number of benzene rings is 1. The Bertz CT molecular complexity index is 328. The third kappa shape index (κ3) is 6.62. The summed E-state index contributed by atoms with van der Waals surface area (Å²) < 4.78 is 0. The maximum absolute atomic E-state index is 9.44. The van der Waals surface area contributed by atoms with E-state index in [0.717, 1.165) is 0 Å². The quantitative estimate of drug-likeness (QED) is 0.721. The van der Waals surface area contributed by atoms with E-state index in [9.17, 15) is 4.79 Å². The fourth-order valence-electron chi connectivity index (χ4n) is 1.39. The Labute approximate surface area is 104 Å². The van der Waals surface area contributed by atoms with Gasteiger partial charge in [-0.05, 0) is 43.9 Å². The number of alkyl halides is 1. The van der Waals surface area contributed by atoms with E-state index in [0.29, 0.717) is 5.88 Å². The van der Waals surface area contributed by atoms with Crippen molar-refractivity contribution in [1.82, 2.24) is 0 Å². The zero-order valence-corrected chi connectivity index (χ0v) is 11.4. The van der Waals surface area contributed by atoms with Crippen LogP contribution in [0.1, 0.15) is 43.9 Å². The van der Waals surface area contributed by atoms with E-state index in [1.54, 1.807) is 0 Å². The van der Waals surface area contributed by atoms with E-state index in [-0.39, 0.29) is 5.78 Å². The summed E-state index contributed by atoms with van der Waals surface area (Å²) in [7, 11) is 0. The summed E-state index contributed by atoms with van der Waals surface area (Å²) in [5.74, 6) is 0.785. The summed E-state index contributed by atoms with van der Waals surface area (Å²) in [6.07, 6.45) is 2.38. The van der Waals surface area contributed by atoms with Gasteiger partial charge in [0.1, 0.15) is 5.78 Å². The molecule has 0 heterocycles. The Morgan fingerprint density at radius 1 is 1.31 bits per heavy atom. The van der Waals surface area contributed by atoms with Crippen molar-refractivity contribution in [2.45, 2.75) is 46.4 Å². The Hall–Kier alpha value is -0.820. The van der Waals surface area contributed by atoms with Crippen LogP contribution in [0.15, 0.2) is 18.2 Å². The highest BCUT2D eigenvalue weighted by Gasteiger charge is 1.97. The average Bonchev–Trinajstić information content (AvgIpc) is 2.20. The number of Topliss-reactive ketones (excluding diaryl/α,β-unsaturated/α-hetero) is 1. The zero-order chi connectivity index (χ0) is 12.6. The van der Waals surface area contributed by atoms with E-state index in [4.69, 9.17) is 11.6 Å². The molecular weight excluding hydrogens is 220 g/mol. The first-order valence-corrected chi connectivity index (χ1v) is 6.16. The highest BCUT2D eigenvalue weighted by atomic mass is 35.5. The molecule has 0 aliphatic rings. The summed E-state index contributed by atoms with van der Waals surface area (Å²) >= 11 is 5.73. The number of hydrogen-bond donors (Lipinski definition) is 0. The molecule has 1 aromatic rings. The summed E-state index contributed by atoms with van der Waals surface area (Å²) in [4.78, 5) is 9.44. The second-order valence-corrected chi connectivity index (χ2v) is 4.32. The summed E-state index contributed by atoms with van der Waals surface area (Å²) in [6, 6.07) is 6.49. The average molecular weight is 241 g/mol. The van der Waals surface area contributed by atoms with E-state index in [1.807, 2.05) is 0 Å². The molecule has 1 rings (SSSR count). The lowest BCUT2D eigenvalue weighted by atomic mass is 10.0. The number of halogens is 1. The van der Waals surface area contributed by atoms with Gasteiger partial charge in [-0.2, -0.15) is 0 Å². The molecule has 90 valence electrons. The molecule has 0 fully saturated rings. The number of carbonyl (C=O) groups is 1. The molecule has 1 aromatic carbocycles. The molecule has 16 heavy (non-hydrogen) atoms. The third-order valence-corrected chi connectivity index (χ3v) is 2.39. The fourth-order valence-corrected chi connectivity index (χ4v) is 1.56. The maximum Gasteiger partial charge on any atom is 0.126 e. The van der Waals surface area contributed by atoms with Gasteiger partial charge in [0.15, 0.2) is 0 Å². The minimum absolute atomic E-state index is 0.167. The fraction of sp³-hybridized carbons (Fsp3) is 0.500. The van der Waals surface area contributed by atoms with Gasteiger partial charge in [-0.3, -0.25) is 0 Å². The largest absolute Gasteiger partial charge is 0.300 e. The monoisotopic (exact) mass is 240 g/mol. The van der Waals surface area contributed by atoms with Gasteiger partial charge < -0.3 is 4.79 Å². The molecule has 0 aromatic heterocycles. The molecule has 2 heteroatoms. The van der Waals surface area contributed by atoms with Crippen LogP contribution >= 0.6 is 11.6 Å². The smallest absolute Gasteiger partial charge is 0.126 e. The lowest BCUT2D eigenvalue weighted by molar-refractivity contribution is -0.114. The normalized spacial score (nSPS) is 9.31. The number of rotatable bonds is 3. The van der Waals surface area contributed by atoms with Crippen LogP contribution in [0.2, 0.25) is 0 Å². The van der Waals surface area contributed by atoms with Crippen LogP contribution in [0, 0.1) is 6.92 Å². The molecule has 0 atom stereocenters. The highest BCUT2D eigenvalue weighted by Crippen LogP contribution is 2.14. The van der Waals surface area contributed by atoms with Crippen molar-refractivity contribution in [2.24, 2.45) is 0 Å². The first-order chi connectivity index (χ1) is 7.51. The molecule has 0 aliphatic heterocycles. The number of carbonyl (C=O) groups excluding carboxylic acids is 1. The third-order valence-electron chi connectivity index (χ3n) is 2.08. The molecule has 0 aliphatic carbocycles. The van der Waals surface area contributed by atoms with E-state index < -0.39 is 0 Å². The molecule has 1 nitrogen and oxygen atoms in total. The first kappa shape index (κ1) is 15.2. The van der Waals surface area contributed by atoms with E-state index in [2.05, 4.69) is 32.0 Å². The van der Waals surface area contributed by atoms with Crippen molar-refractivity contribution in [1.29, 1.82) is 0 Å². The van der Waals surface area contributed by atoms with Crippen LogP contribution in [0.25, 0.3) is 0 Å². The van der Waals surface area contributed by atoms with Crippen LogP contribution in [0.3, 0.4) is 0 Å². The second-order valence-electron chi connectivity index (χ2n) is 4.05. The van der Waals surface area contributed by atoms with Gasteiger partial charge in [-0.15, -0.1) is 11.6 Å². The Kier molecular flexibility index (Phi) is 7.92. The Morgan fingerprint density at radius 2 is 1.88 bits per heavy atom. The van der Waals surface area contributed by atoms with E-state index >= 15 is 0 Å². The number of ketones is 1. The highest BCUT2D eigenvalue weighted by molar-refractivity contribution is 6.17. The van der Waals surface area contributed by atoms with Crippen LogP contribution in [0.4, 0.5) is 0 Å².